The Morgan fingerprint density at radius 2 is 1.14 bits per heavy atom. The number of hydrogen-bond acceptors (Lipinski definition) is 3. The molecule has 0 aliphatic carbocycles. The van der Waals surface area contributed by atoms with Gasteiger partial charge >= 0.3 is 0 Å². The molecule has 10 rings (SSSR count). The van der Waals surface area contributed by atoms with Gasteiger partial charge < -0.3 is 9.32 Å². The molecule has 8 aromatic carbocycles. The number of furan rings is 1. The Morgan fingerprint density at radius 1 is 0.429 bits per heavy atom. The molecule has 0 bridgehead atoms. The second-order valence-corrected chi connectivity index (χ2v) is 13.6. The van der Waals surface area contributed by atoms with Crippen molar-refractivity contribution < 1.29 is 4.42 Å². The Kier molecular flexibility index (Phi) is 6.39. The number of rotatable bonds is 5. The summed E-state index contributed by atoms with van der Waals surface area (Å²) in [6.07, 6.45) is 0. The molecule has 10 aromatic rings. The van der Waals surface area contributed by atoms with Gasteiger partial charge in [0.05, 0.1) is 16.1 Å². The molecule has 230 valence electrons. The van der Waals surface area contributed by atoms with Crippen LogP contribution in [0.25, 0.3) is 75.1 Å². The molecule has 2 nitrogen and oxygen atoms in total. The Balaban J connectivity index is 1.22. The molecule has 0 fully saturated rings. The van der Waals surface area contributed by atoms with E-state index >= 15 is 0 Å². The van der Waals surface area contributed by atoms with E-state index in [9.17, 15) is 0 Å². The first-order valence-corrected chi connectivity index (χ1v) is 17.4. The van der Waals surface area contributed by atoms with E-state index in [-0.39, 0.29) is 0 Å². The van der Waals surface area contributed by atoms with Gasteiger partial charge in [-0.3, -0.25) is 0 Å². The van der Waals surface area contributed by atoms with E-state index in [4.69, 9.17) is 4.42 Å². The molecule has 0 N–H and O–H groups in total. The summed E-state index contributed by atoms with van der Waals surface area (Å²) in [6, 6.07) is 63.2. The molecule has 0 radical (unpaired) electrons. The van der Waals surface area contributed by atoms with Gasteiger partial charge in [0.15, 0.2) is 0 Å². The average molecular weight is 644 g/mol. The summed E-state index contributed by atoms with van der Waals surface area (Å²) in [5.74, 6) is 0. The third-order valence-corrected chi connectivity index (χ3v) is 10.8. The Bertz CT molecular complexity index is 2830. The molecule has 2 aromatic heterocycles. The zero-order valence-corrected chi connectivity index (χ0v) is 27.3. The molecule has 0 saturated heterocycles. The quantitative estimate of drug-likeness (QED) is 0.186. The maximum absolute atomic E-state index is 6.60. The van der Waals surface area contributed by atoms with Gasteiger partial charge in [0, 0.05) is 38.0 Å². The number of benzene rings is 8. The van der Waals surface area contributed by atoms with Crippen molar-refractivity contribution in [2.75, 3.05) is 4.90 Å². The maximum atomic E-state index is 6.60. The smallest absolute Gasteiger partial charge is 0.138 e. The average Bonchev–Trinajstić information content (AvgIpc) is 3.74. The van der Waals surface area contributed by atoms with Crippen molar-refractivity contribution in [3.63, 3.8) is 0 Å². The lowest BCUT2D eigenvalue weighted by molar-refractivity contribution is 0.669. The molecule has 0 aliphatic heterocycles. The first-order valence-electron chi connectivity index (χ1n) is 16.6. The minimum atomic E-state index is 0.874. The fraction of sp³-hybridized carbons (Fsp3) is 0. The van der Waals surface area contributed by atoms with E-state index in [1.54, 1.807) is 0 Å². The van der Waals surface area contributed by atoms with Gasteiger partial charge in [-0.15, -0.1) is 11.3 Å². The molecule has 0 atom stereocenters. The number of hydrogen-bond donors (Lipinski definition) is 0. The highest BCUT2D eigenvalue weighted by Crippen LogP contribution is 2.47. The summed E-state index contributed by atoms with van der Waals surface area (Å²) in [5, 5.41) is 7.31. The van der Waals surface area contributed by atoms with E-state index in [1.165, 1.54) is 42.1 Å². The van der Waals surface area contributed by atoms with Crippen molar-refractivity contribution >= 4 is 81.3 Å². The highest BCUT2D eigenvalue weighted by atomic mass is 32.1. The summed E-state index contributed by atoms with van der Waals surface area (Å²) in [6.45, 7) is 0. The predicted molar refractivity (Wildman–Crippen MR) is 210 cm³/mol. The molecule has 0 saturated carbocycles. The van der Waals surface area contributed by atoms with Crippen molar-refractivity contribution in [3.8, 4) is 22.3 Å². The van der Waals surface area contributed by atoms with Crippen LogP contribution in [0.15, 0.2) is 180 Å². The van der Waals surface area contributed by atoms with Crippen molar-refractivity contribution in [2.45, 2.75) is 0 Å². The lowest BCUT2D eigenvalue weighted by atomic mass is 9.97. The molecular weight excluding hydrogens is 615 g/mol. The highest BCUT2D eigenvalue weighted by Gasteiger charge is 2.22. The number of para-hydroxylation sites is 1. The third kappa shape index (κ3) is 4.62. The zero-order valence-electron chi connectivity index (χ0n) is 26.5. The van der Waals surface area contributed by atoms with Crippen LogP contribution in [0, 0.1) is 0 Å². The van der Waals surface area contributed by atoms with Gasteiger partial charge in [-0.05, 0) is 75.5 Å². The van der Waals surface area contributed by atoms with Gasteiger partial charge in [-0.25, -0.2) is 0 Å². The molecule has 0 unspecified atom stereocenters. The summed E-state index contributed by atoms with van der Waals surface area (Å²) < 4.78 is 9.14. The van der Waals surface area contributed by atoms with Crippen LogP contribution in [-0.4, -0.2) is 0 Å². The normalized spacial score (nSPS) is 11.7. The topological polar surface area (TPSA) is 16.4 Å². The maximum Gasteiger partial charge on any atom is 0.138 e. The van der Waals surface area contributed by atoms with Crippen LogP contribution in [-0.2, 0) is 0 Å². The van der Waals surface area contributed by atoms with Crippen molar-refractivity contribution in [2.24, 2.45) is 0 Å². The molecule has 0 aliphatic rings. The van der Waals surface area contributed by atoms with Crippen molar-refractivity contribution in [3.05, 3.63) is 176 Å². The lowest BCUT2D eigenvalue weighted by Gasteiger charge is -2.27. The fourth-order valence-corrected chi connectivity index (χ4v) is 8.53. The van der Waals surface area contributed by atoms with Crippen LogP contribution < -0.4 is 4.90 Å². The Morgan fingerprint density at radius 3 is 2.02 bits per heavy atom. The number of nitrogens with zero attached hydrogens (tertiary/aromatic N) is 1. The van der Waals surface area contributed by atoms with E-state index < -0.39 is 0 Å². The van der Waals surface area contributed by atoms with Gasteiger partial charge in [0.1, 0.15) is 11.2 Å². The fourth-order valence-electron chi connectivity index (χ4n) is 7.32. The van der Waals surface area contributed by atoms with Crippen LogP contribution in [0.2, 0.25) is 0 Å². The van der Waals surface area contributed by atoms with Gasteiger partial charge in [-0.1, -0.05) is 127 Å². The lowest BCUT2D eigenvalue weighted by Crippen LogP contribution is -2.10. The summed E-state index contributed by atoms with van der Waals surface area (Å²) in [7, 11) is 0. The van der Waals surface area contributed by atoms with Gasteiger partial charge in [0.2, 0.25) is 0 Å². The second kappa shape index (κ2) is 11.2. The molecule has 3 heteroatoms. The first-order chi connectivity index (χ1) is 24.3. The number of anilines is 3. The minimum absolute atomic E-state index is 0.874. The molecule has 0 spiro atoms. The largest absolute Gasteiger partial charge is 0.456 e. The molecule has 49 heavy (non-hydrogen) atoms. The van der Waals surface area contributed by atoms with Crippen LogP contribution >= 0.6 is 11.3 Å². The molecule has 2 heterocycles. The van der Waals surface area contributed by atoms with Crippen molar-refractivity contribution in [1.29, 1.82) is 0 Å². The van der Waals surface area contributed by atoms with Crippen molar-refractivity contribution in [1.82, 2.24) is 0 Å². The van der Waals surface area contributed by atoms with Gasteiger partial charge in [0.25, 0.3) is 0 Å². The summed E-state index contributed by atoms with van der Waals surface area (Å²) in [4.78, 5) is 2.40. The van der Waals surface area contributed by atoms with Crippen LogP contribution in [0.4, 0.5) is 17.1 Å². The number of thiophene rings is 1. The summed E-state index contributed by atoms with van der Waals surface area (Å²) >= 11 is 1.85. The first kappa shape index (κ1) is 27.9. The van der Waals surface area contributed by atoms with E-state index in [2.05, 4.69) is 175 Å². The minimum Gasteiger partial charge on any atom is -0.456 e. The molecular formula is C46H29NOS. The predicted octanol–water partition coefficient (Wildman–Crippen LogP) is 13.9. The number of fused-ring (bicyclic) bond motifs is 7. The molecule has 0 amide bonds. The Hall–Kier alpha value is -6.16. The third-order valence-electron chi connectivity index (χ3n) is 9.64. The zero-order chi connectivity index (χ0) is 32.3. The highest BCUT2D eigenvalue weighted by molar-refractivity contribution is 7.26. The SMILES string of the molecule is c1ccc(-c2cc(N(c3ccc(-c4ccc5ccccc5c4)cc3)c3cccc4c3sc3ccccc34)cc3oc4ccccc4c23)cc1. The van der Waals surface area contributed by atoms with Crippen LogP contribution in [0.1, 0.15) is 0 Å². The Labute approximate surface area is 287 Å². The van der Waals surface area contributed by atoms with Crippen LogP contribution in [0.3, 0.4) is 0 Å². The monoisotopic (exact) mass is 643 g/mol. The second-order valence-electron chi connectivity index (χ2n) is 12.5. The van der Waals surface area contributed by atoms with E-state index in [0.29, 0.717) is 0 Å². The van der Waals surface area contributed by atoms with E-state index in [0.717, 1.165) is 50.1 Å². The van der Waals surface area contributed by atoms with Crippen LogP contribution in [0.5, 0.6) is 0 Å². The van der Waals surface area contributed by atoms with Gasteiger partial charge in [-0.2, -0.15) is 0 Å². The summed E-state index contributed by atoms with van der Waals surface area (Å²) in [5.41, 5.74) is 9.76. The van der Waals surface area contributed by atoms with E-state index in [1.807, 2.05) is 17.4 Å². The standard InChI is InChI=1S/C46H29NOS/c1-2-12-32(13-3-1)40-28-36(29-43-45(40)39-16-6-8-19-42(39)48-43)47(41-18-10-17-38-37-15-7-9-20-44(37)49-46(38)41)35-25-23-31(24-26-35)34-22-21-30-11-4-5-14-33(30)27-34/h1-29H.